The fraction of sp³-hybridized carbons (Fsp3) is 0.714. The molecule has 0 radical (unpaired) electrons. The van der Waals surface area contributed by atoms with Gasteiger partial charge in [-0.3, -0.25) is 0 Å². The summed E-state index contributed by atoms with van der Waals surface area (Å²) in [6.45, 7) is 4.44. The number of rotatable bonds is 13. The first-order valence-electron chi connectivity index (χ1n) is 9.44. The van der Waals surface area contributed by atoms with Crippen molar-refractivity contribution >= 4 is 0 Å². The minimum Gasteiger partial charge on any atom is -0.389 e. The van der Waals surface area contributed by atoms with Gasteiger partial charge in [0.2, 0.25) is 0 Å². The smallest absolute Gasteiger partial charge is 0.0723 e. The Labute approximate surface area is 138 Å². The van der Waals surface area contributed by atoms with Crippen LogP contribution < -0.4 is 0 Å². The first-order valence-corrected chi connectivity index (χ1v) is 9.44. The number of hydrogen-bond acceptors (Lipinski definition) is 1. The van der Waals surface area contributed by atoms with Gasteiger partial charge in [-0.25, -0.2) is 0 Å². The molecule has 1 heteroatoms. The number of aliphatic hydroxyl groups excluding tert-OH is 1. The number of aliphatic hydroxyl groups is 1. The molecular formula is C21H36O. The molecule has 22 heavy (non-hydrogen) atoms. The van der Waals surface area contributed by atoms with Crippen LogP contribution in [0.15, 0.2) is 36.5 Å². The number of allylic oxidation sites excluding steroid dienone is 5. The van der Waals surface area contributed by atoms with Gasteiger partial charge >= 0.3 is 0 Å². The van der Waals surface area contributed by atoms with E-state index in [-0.39, 0.29) is 6.10 Å². The second-order valence-electron chi connectivity index (χ2n) is 6.72. The molecule has 0 bridgehead atoms. The molecule has 0 aromatic carbocycles. The summed E-state index contributed by atoms with van der Waals surface area (Å²) >= 11 is 0. The lowest BCUT2D eigenvalue weighted by Crippen LogP contribution is -2.00. The molecule has 1 fully saturated rings. The van der Waals surface area contributed by atoms with Crippen LogP contribution in [0.3, 0.4) is 0 Å². The fourth-order valence-electron chi connectivity index (χ4n) is 2.82. The van der Waals surface area contributed by atoms with Crippen LogP contribution in [0.5, 0.6) is 0 Å². The Hall–Kier alpha value is -0.820. The molecule has 1 aliphatic carbocycles. The molecule has 126 valence electrons. The maximum atomic E-state index is 9.77. The van der Waals surface area contributed by atoms with Crippen LogP contribution in [-0.2, 0) is 0 Å². The molecule has 0 heterocycles. The highest BCUT2D eigenvalue weighted by Gasteiger charge is 2.34. The highest BCUT2D eigenvalue weighted by molar-refractivity contribution is 5.07. The molecule has 1 nitrogen and oxygen atoms in total. The lowest BCUT2D eigenvalue weighted by molar-refractivity contribution is 0.208. The molecule has 0 saturated heterocycles. The minimum atomic E-state index is -0.266. The zero-order valence-electron chi connectivity index (χ0n) is 14.7. The van der Waals surface area contributed by atoms with E-state index in [0.29, 0.717) is 0 Å². The third-order valence-electron chi connectivity index (χ3n) is 4.52. The number of hydrogen-bond donors (Lipinski definition) is 1. The Morgan fingerprint density at radius 2 is 1.64 bits per heavy atom. The molecule has 1 saturated carbocycles. The normalized spacial score (nSPS) is 23.0. The maximum absolute atomic E-state index is 9.77. The third kappa shape index (κ3) is 10.00. The van der Waals surface area contributed by atoms with Crippen molar-refractivity contribution in [2.45, 2.75) is 84.2 Å². The van der Waals surface area contributed by atoms with Crippen LogP contribution in [0, 0.1) is 11.8 Å². The van der Waals surface area contributed by atoms with Gasteiger partial charge in [0.25, 0.3) is 0 Å². The van der Waals surface area contributed by atoms with Crippen molar-refractivity contribution in [1.82, 2.24) is 0 Å². The van der Waals surface area contributed by atoms with Gasteiger partial charge in [-0.05, 0) is 43.9 Å². The topological polar surface area (TPSA) is 20.2 Å². The molecule has 3 unspecified atom stereocenters. The van der Waals surface area contributed by atoms with Crippen LogP contribution in [0.1, 0.15) is 78.1 Å². The quantitative estimate of drug-likeness (QED) is 0.244. The first kappa shape index (κ1) is 19.2. The van der Waals surface area contributed by atoms with Crippen LogP contribution in [0.4, 0.5) is 0 Å². The molecule has 0 aromatic heterocycles. The summed E-state index contributed by atoms with van der Waals surface area (Å²) < 4.78 is 0. The SMILES string of the molecule is CCCC/C=C/CC1CC1C/C=C/C=C/C(O)CCCCC. The molecule has 0 aliphatic heterocycles. The van der Waals surface area contributed by atoms with Gasteiger partial charge in [0.15, 0.2) is 0 Å². The highest BCUT2D eigenvalue weighted by Crippen LogP contribution is 2.44. The molecule has 1 aliphatic rings. The highest BCUT2D eigenvalue weighted by atomic mass is 16.3. The van der Waals surface area contributed by atoms with E-state index < -0.39 is 0 Å². The van der Waals surface area contributed by atoms with E-state index in [0.717, 1.165) is 24.7 Å². The average Bonchev–Trinajstić information content (AvgIpc) is 3.25. The Bertz CT molecular complexity index is 340. The summed E-state index contributed by atoms with van der Waals surface area (Å²) in [5, 5.41) is 9.77. The summed E-state index contributed by atoms with van der Waals surface area (Å²) in [5.74, 6) is 1.82. The lowest BCUT2D eigenvalue weighted by Gasteiger charge is -2.03. The van der Waals surface area contributed by atoms with Crippen molar-refractivity contribution in [3.63, 3.8) is 0 Å². The van der Waals surface area contributed by atoms with Gasteiger partial charge in [0.1, 0.15) is 0 Å². The van der Waals surface area contributed by atoms with E-state index in [1.807, 2.05) is 12.2 Å². The summed E-state index contributed by atoms with van der Waals surface area (Å²) in [6.07, 6.45) is 25.0. The summed E-state index contributed by atoms with van der Waals surface area (Å²) in [5.41, 5.74) is 0. The predicted molar refractivity (Wildman–Crippen MR) is 97.9 cm³/mol. The lowest BCUT2D eigenvalue weighted by atomic mass is 10.1. The fourth-order valence-corrected chi connectivity index (χ4v) is 2.82. The van der Waals surface area contributed by atoms with Gasteiger partial charge < -0.3 is 5.11 Å². The third-order valence-corrected chi connectivity index (χ3v) is 4.52. The molecule has 1 rings (SSSR count). The average molecular weight is 305 g/mol. The number of unbranched alkanes of at least 4 members (excludes halogenated alkanes) is 4. The predicted octanol–water partition coefficient (Wildman–Crippen LogP) is 6.20. The summed E-state index contributed by atoms with van der Waals surface area (Å²) in [7, 11) is 0. The van der Waals surface area contributed by atoms with E-state index >= 15 is 0 Å². The van der Waals surface area contributed by atoms with E-state index in [2.05, 4.69) is 38.2 Å². The van der Waals surface area contributed by atoms with Crippen LogP contribution >= 0.6 is 0 Å². The monoisotopic (exact) mass is 304 g/mol. The second kappa shape index (κ2) is 12.7. The van der Waals surface area contributed by atoms with Crippen molar-refractivity contribution in [3.05, 3.63) is 36.5 Å². The van der Waals surface area contributed by atoms with Crippen molar-refractivity contribution in [2.24, 2.45) is 11.8 Å². The Morgan fingerprint density at radius 3 is 2.36 bits per heavy atom. The molecule has 3 atom stereocenters. The zero-order valence-corrected chi connectivity index (χ0v) is 14.7. The Morgan fingerprint density at radius 1 is 0.909 bits per heavy atom. The zero-order chi connectivity index (χ0) is 16.0. The van der Waals surface area contributed by atoms with E-state index in [1.54, 1.807) is 0 Å². The second-order valence-corrected chi connectivity index (χ2v) is 6.72. The maximum Gasteiger partial charge on any atom is 0.0723 e. The molecular weight excluding hydrogens is 268 g/mol. The van der Waals surface area contributed by atoms with Gasteiger partial charge in [-0.1, -0.05) is 82.4 Å². The Balaban J connectivity index is 2.01. The van der Waals surface area contributed by atoms with Crippen LogP contribution in [0.25, 0.3) is 0 Å². The summed E-state index contributed by atoms with van der Waals surface area (Å²) in [4.78, 5) is 0. The van der Waals surface area contributed by atoms with Gasteiger partial charge in [0.05, 0.1) is 6.10 Å². The van der Waals surface area contributed by atoms with E-state index in [9.17, 15) is 5.11 Å². The van der Waals surface area contributed by atoms with Gasteiger partial charge in [-0.15, -0.1) is 0 Å². The van der Waals surface area contributed by atoms with E-state index in [4.69, 9.17) is 0 Å². The van der Waals surface area contributed by atoms with Crippen molar-refractivity contribution in [2.75, 3.05) is 0 Å². The van der Waals surface area contributed by atoms with Crippen molar-refractivity contribution in [3.8, 4) is 0 Å². The van der Waals surface area contributed by atoms with Gasteiger partial charge in [-0.2, -0.15) is 0 Å². The molecule has 0 aromatic rings. The van der Waals surface area contributed by atoms with Crippen LogP contribution in [0.2, 0.25) is 0 Å². The molecule has 0 spiro atoms. The van der Waals surface area contributed by atoms with Gasteiger partial charge in [0, 0.05) is 0 Å². The molecule has 1 N–H and O–H groups in total. The summed E-state index contributed by atoms with van der Waals surface area (Å²) in [6, 6.07) is 0. The molecule has 0 amide bonds. The van der Waals surface area contributed by atoms with Crippen molar-refractivity contribution in [1.29, 1.82) is 0 Å². The standard InChI is InChI=1S/C21H36O/c1-3-5-7-8-11-14-19-18-20(19)15-12-9-13-17-21(22)16-10-6-4-2/h8-9,11-13,17,19-22H,3-7,10,14-16,18H2,1-2H3/b11-8+,12-9+,17-13+. The minimum absolute atomic E-state index is 0.266. The first-order chi connectivity index (χ1) is 10.8. The van der Waals surface area contributed by atoms with E-state index in [1.165, 1.54) is 51.4 Å². The largest absolute Gasteiger partial charge is 0.389 e. The van der Waals surface area contributed by atoms with Crippen molar-refractivity contribution < 1.29 is 5.11 Å². The Kier molecular flexibility index (Phi) is 11.1. The van der Waals surface area contributed by atoms with Crippen LogP contribution in [-0.4, -0.2) is 11.2 Å².